The predicted octanol–water partition coefficient (Wildman–Crippen LogP) is 18.0. The Hall–Kier alpha value is -6.84. The molecule has 11 rings (SSSR count). The number of H-pyrrole nitrogens is 1. The Kier molecular flexibility index (Phi) is 10.3. The number of nitrogens with zero attached hydrogens (tertiary/aromatic N) is 2. The lowest BCUT2D eigenvalue weighted by atomic mass is 9.95. The molecule has 0 amide bonds. The third kappa shape index (κ3) is 6.87. The van der Waals surface area contributed by atoms with Crippen LogP contribution in [0.15, 0.2) is 158 Å². The number of fused-ring (bicyclic) bond motifs is 9. The summed E-state index contributed by atoms with van der Waals surface area (Å²) in [6, 6.07) is 60.4. The molecule has 0 spiro atoms. The third-order valence-corrected chi connectivity index (χ3v) is 15.1. The first kappa shape index (κ1) is 40.9. The van der Waals surface area contributed by atoms with E-state index < -0.39 is 0 Å². The van der Waals surface area contributed by atoms with E-state index in [0.717, 1.165) is 36.7 Å². The van der Waals surface area contributed by atoms with Gasteiger partial charge in [0.05, 0.1) is 22.1 Å². The van der Waals surface area contributed by atoms with Crippen molar-refractivity contribution in [1.29, 1.82) is 0 Å². The normalized spacial score (nSPS) is 13.5. The van der Waals surface area contributed by atoms with Crippen LogP contribution in [-0.2, 0) is 6.42 Å². The molecule has 322 valence electrons. The summed E-state index contributed by atoms with van der Waals surface area (Å²) < 4.78 is 4.90. The van der Waals surface area contributed by atoms with Crippen LogP contribution in [0, 0.1) is 0 Å². The van der Waals surface area contributed by atoms with E-state index in [0.29, 0.717) is 17.8 Å². The smallest absolute Gasteiger partial charge is 0.0541 e. The number of rotatable bonds is 11. The molecule has 3 nitrogen and oxygen atoms in total. The van der Waals surface area contributed by atoms with Crippen molar-refractivity contribution in [1.82, 2.24) is 14.1 Å². The predicted molar refractivity (Wildman–Crippen MR) is 281 cm³/mol. The molecule has 0 aliphatic heterocycles. The lowest BCUT2D eigenvalue weighted by Gasteiger charge is -2.12. The molecule has 0 aliphatic carbocycles. The highest BCUT2D eigenvalue weighted by Crippen LogP contribution is 2.40. The maximum atomic E-state index is 3.70. The largest absolute Gasteiger partial charge is 0.355 e. The summed E-state index contributed by atoms with van der Waals surface area (Å²) in [4.78, 5) is 3.70. The third-order valence-electron chi connectivity index (χ3n) is 15.1. The molecule has 0 bridgehead atoms. The van der Waals surface area contributed by atoms with E-state index in [4.69, 9.17) is 0 Å². The zero-order valence-corrected chi connectivity index (χ0v) is 39.0. The van der Waals surface area contributed by atoms with Crippen molar-refractivity contribution >= 4 is 65.4 Å². The summed E-state index contributed by atoms with van der Waals surface area (Å²) in [6.45, 7) is 16.1. The molecule has 0 aliphatic rings. The molecule has 3 heteroatoms. The van der Waals surface area contributed by atoms with Gasteiger partial charge in [-0.3, -0.25) is 0 Å². The van der Waals surface area contributed by atoms with E-state index in [9.17, 15) is 0 Å². The average Bonchev–Trinajstić information content (AvgIpc) is 4.01. The van der Waals surface area contributed by atoms with Gasteiger partial charge in [-0.25, -0.2) is 0 Å². The summed E-state index contributed by atoms with van der Waals surface area (Å²) in [5, 5.41) is 7.84. The Morgan fingerprint density at radius 1 is 0.354 bits per heavy atom. The average molecular weight is 846 g/mol. The van der Waals surface area contributed by atoms with Crippen LogP contribution in [0.1, 0.15) is 108 Å². The highest BCUT2D eigenvalue weighted by Gasteiger charge is 2.18. The van der Waals surface area contributed by atoms with Gasteiger partial charge in [-0.1, -0.05) is 109 Å². The number of aryl methyl sites for hydroxylation is 1. The van der Waals surface area contributed by atoms with Crippen LogP contribution in [0.3, 0.4) is 0 Å². The number of aromatic nitrogens is 3. The molecule has 11 aromatic rings. The van der Waals surface area contributed by atoms with Crippen LogP contribution in [0.25, 0.3) is 99.0 Å². The van der Waals surface area contributed by atoms with Crippen LogP contribution in [0.4, 0.5) is 0 Å². The van der Waals surface area contributed by atoms with E-state index in [2.05, 4.69) is 220 Å². The number of nitrogens with one attached hydrogen (secondary N) is 1. The van der Waals surface area contributed by atoms with Gasteiger partial charge in [0.15, 0.2) is 0 Å². The SMILES string of the molecule is CCc1ccc2c(c1)c1cc(C(C)CC)ccc1n2-c1ccc(-c2ccc3[nH]c4ccc(-c5ccc(-n6c7ccc(C(C)CC)cc7c7cc(C(C)CC)ccc76)cc5)cc4c3c2)cc1. The zero-order valence-electron chi connectivity index (χ0n) is 39.0. The minimum Gasteiger partial charge on any atom is -0.355 e. The van der Waals surface area contributed by atoms with Gasteiger partial charge in [-0.2, -0.15) is 0 Å². The first-order valence-electron chi connectivity index (χ1n) is 24.2. The Morgan fingerprint density at radius 2 is 0.708 bits per heavy atom. The molecule has 3 unspecified atom stereocenters. The summed E-state index contributed by atoms with van der Waals surface area (Å²) in [7, 11) is 0. The highest BCUT2D eigenvalue weighted by molar-refractivity contribution is 6.12. The zero-order chi connectivity index (χ0) is 44.5. The van der Waals surface area contributed by atoms with Gasteiger partial charge in [0.25, 0.3) is 0 Å². The molecular formula is C62H59N3. The lowest BCUT2D eigenvalue weighted by molar-refractivity contribution is 0.734. The van der Waals surface area contributed by atoms with E-state index in [1.807, 2.05) is 0 Å². The van der Waals surface area contributed by atoms with E-state index in [-0.39, 0.29) is 0 Å². The standard InChI is InChI=1S/C62H59N3/c1-8-38(5)44-19-29-60-54(33-44)53-32-41(11-4)12-28-59(53)64(60)49-22-13-42(14-23-49)47-17-26-57-51(36-47)52-37-48(18-27-58(52)63-57)43-15-24-50(25-16-43)65-61-30-20-45(39(6)9-2)34-55(61)56-35-46(40(7)10-3)21-31-62(56)65/h12-40,63H,8-11H2,1-7H3. The van der Waals surface area contributed by atoms with Crippen molar-refractivity contribution in [2.45, 2.75) is 91.9 Å². The van der Waals surface area contributed by atoms with Gasteiger partial charge >= 0.3 is 0 Å². The fourth-order valence-electron chi connectivity index (χ4n) is 10.4. The van der Waals surface area contributed by atoms with Gasteiger partial charge < -0.3 is 14.1 Å². The molecular weight excluding hydrogens is 787 g/mol. The van der Waals surface area contributed by atoms with E-state index in [1.165, 1.54) is 110 Å². The second-order valence-electron chi connectivity index (χ2n) is 18.9. The molecule has 65 heavy (non-hydrogen) atoms. The Morgan fingerprint density at radius 3 is 1.08 bits per heavy atom. The first-order valence-corrected chi connectivity index (χ1v) is 24.2. The van der Waals surface area contributed by atoms with Crippen molar-refractivity contribution in [2.75, 3.05) is 0 Å². The van der Waals surface area contributed by atoms with Crippen molar-refractivity contribution in [3.05, 3.63) is 180 Å². The molecule has 8 aromatic carbocycles. The number of benzene rings is 8. The molecule has 0 saturated carbocycles. The molecule has 0 fully saturated rings. The quantitative estimate of drug-likeness (QED) is 0.134. The monoisotopic (exact) mass is 845 g/mol. The molecule has 3 heterocycles. The molecule has 0 saturated heterocycles. The van der Waals surface area contributed by atoms with Crippen LogP contribution < -0.4 is 0 Å². The number of aromatic amines is 1. The highest BCUT2D eigenvalue weighted by atomic mass is 15.0. The van der Waals surface area contributed by atoms with Crippen molar-refractivity contribution in [3.63, 3.8) is 0 Å². The van der Waals surface area contributed by atoms with Crippen LogP contribution in [0.2, 0.25) is 0 Å². The van der Waals surface area contributed by atoms with Gasteiger partial charge in [0, 0.05) is 54.7 Å². The van der Waals surface area contributed by atoms with Gasteiger partial charge in [0.1, 0.15) is 0 Å². The maximum Gasteiger partial charge on any atom is 0.0541 e. The lowest BCUT2D eigenvalue weighted by Crippen LogP contribution is -1.95. The summed E-state index contributed by atoms with van der Waals surface area (Å²) in [5.74, 6) is 1.58. The Labute approximate surface area is 383 Å². The van der Waals surface area contributed by atoms with Gasteiger partial charge in [-0.15, -0.1) is 0 Å². The second kappa shape index (κ2) is 16.3. The second-order valence-corrected chi connectivity index (χ2v) is 18.9. The van der Waals surface area contributed by atoms with E-state index in [1.54, 1.807) is 0 Å². The van der Waals surface area contributed by atoms with Crippen LogP contribution in [-0.4, -0.2) is 14.1 Å². The summed E-state index contributed by atoms with van der Waals surface area (Å²) in [5.41, 5.74) is 20.2. The van der Waals surface area contributed by atoms with Crippen LogP contribution >= 0.6 is 0 Å². The molecule has 0 radical (unpaired) electrons. The van der Waals surface area contributed by atoms with Gasteiger partial charge in [-0.05, 0) is 185 Å². The first-order chi connectivity index (χ1) is 31.7. The minimum absolute atomic E-state index is 0.526. The number of hydrogen-bond acceptors (Lipinski definition) is 0. The molecule has 3 atom stereocenters. The Balaban J connectivity index is 0.934. The summed E-state index contributed by atoms with van der Waals surface area (Å²) >= 11 is 0. The van der Waals surface area contributed by atoms with Crippen molar-refractivity contribution in [3.8, 4) is 33.6 Å². The fraction of sp³-hybridized carbons (Fsp3) is 0.226. The van der Waals surface area contributed by atoms with Crippen molar-refractivity contribution in [2.24, 2.45) is 0 Å². The molecule has 1 N–H and O–H groups in total. The van der Waals surface area contributed by atoms with Gasteiger partial charge in [0.2, 0.25) is 0 Å². The van der Waals surface area contributed by atoms with E-state index >= 15 is 0 Å². The van der Waals surface area contributed by atoms with Crippen molar-refractivity contribution < 1.29 is 0 Å². The maximum absolute atomic E-state index is 3.70. The number of hydrogen-bond donors (Lipinski definition) is 1. The fourth-order valence-corrected chi connectivity index (χ4v) is 10.4. The topological polar surface area (TPSA) is 25.6 Å². The minimum atomic E-state index is 0.526. The van der Waals surface area contributed by atoms with Crippen LogP contribution in [0.5, 0.6) is 0 Å². The molecule has 3 aromatic heterocycles. The Bertz CT molecular complexity index is 3510. The summed E-state index contributed by atoms with van der Waals surface area (Å²) in [6.07, 6.45) is 4.43.